The van der Waals surface area contributed by atoms with Crippen molar-refractivity contribution in [1.82, 2.24) is 0 Å². The molecule has 0 rings (SSSR count). The van der Waals surface area contributed by atoms with Crippen LogP contribution < -0.4 is 0 Å². The largest absolute Gasteiger partial charge is 0.462 e. The molecule has 0 bridgehead atoms. The van der Waals surface area contributed by atoms with Gasteiger partial charge >= 0.3 is 11.9 Å². The van der Waals surface area contributed by atoms with Crippen molar-refractivity contribution < 1.29 is 23.8 Å². The summed E-state index contributed by atoms with van der Waals surface area (Å²) in [5.74, 6) is -0.468. The second-order valence-electron chi connectivity index (χ2n) is 15.9. The molecule has 0 aliphatic rings. The molecule has 0 fully saturated rings. The third kappa shape index (κ3) is 47.5. The highest BCUT2D eigenvalue weighted by atomic mass is 16.6. The van der Waals surface area contributed by atoms with Crippen molar-refractivity contribution in [3.8, 4) is 0 Å². The first-order valence-electron chi connectivity index (χ1n) is 24.8. The average Bonchev–Trinajstić information content (AvgIpc) is 3.25. The molecule has 1 unspecified atom stereocenters. The number of unbranched alkanes of at least 4 members (excludes halogenated alkanes) is 17. The minimum absolute atomic E-state index is 0.0502. The third-order valence-corrected chi connectivity index (χ3v) is 10.1. The summed E-state index contributed by atoms with van der Waals surface area (Å²) in [6.45, 7) is 7.50. The fourth-order valence-electron chi connectivity index (χ4n) is 6.45. The van der Waals surface area contributed by atoms with Gasteiger partial charge < -0.3 is 14.2 Å². The molecule has 0 radical (unpaired) electrons. The van der Waals surface area contributed by atoms with E-state index in [0.29, 0.717) is 19.4 Å². The first-order valence-corrected chi connectivity index (χ1v) is 24.8. The Balaban J connectivity index is 4.38. The molecular weight excluding hydrogens is 741 g/mol. The molecule has 0 saturated carbocycles. The number of allylic oxidation sites excluding steroid dienone is 16. The molecule has 0 spiro atoms. The summed E-state index contributed by atoms with van der Waals surface area (Å²) in [6, 6.07) is 0. The molecule has 342 valence electrons. The normalized spacial score (nSPS) is 13.1. The second-order valence-corrected chi connectivity index (χ2v) is 15.9. The Hall–Kier alpha value is -3.18. The van der Waals surface area contributed by atoms with Crippen LogP contribution in [0.15, 0.2) is 97.2 Å². The Bertz CT molecular complexity index is 1170. The van der Waals surface area contributed by atoms with E-state index < -0.39 is 6.10 Å². The predicted octanol–water partition coefficient (Wildman–Crippen LogP) is 16.7. The van der Waals surface area contributed by atoms with Crippen molar-refractivity contribution in [2.45, 2.75) is 219 Å². The summed E-state index contributed by atoms with van der Waals surface area (Å²) < 4.78 is 17.3. The molecular formula is C55H92O5. The number of carbonyl (C=O) groups is 2. The van der Waals surface area contributed by atoms with Gasteiger partial charge in [0.25, 0.3) is 0 Å². The van der Waals surface area contributed by atoms with Crippen molar-refractivity contribution in [3.05, 3.63) is 97.2 Å². The molecule has 5 heteroatoms. The lowest BCUT2D eigenvalue weighted by molar-refractivity contribution is -0.163. The summed E-state index contributed by atoms with van der Waals surface area (Å²) >= 11 is 0. The number of ether oxygens (including phenoxy) is 3. The summed E-state index contributed by atoms with van der Waals surface area (Å²) in [5.41, 5.74) is 0. The van der Waals surface area contributed by atoms with Crippen LogP contribution in [0.25, 0.3) is 0 Å². The zero-order chi connectivity index (χ0) is 43.5. The lowest BCUT2D eigenvalue weighted by atomic mass is 10.1. The van der Waals surface area contributed by atoms with Crippen LogP contribution in [-0.2, 0) is 23.8 Å². The van der Waals surface area contributed by atoms with Crippen LogP contribution in [0.2, 0.25) is 0 Å². The highest BCUT2D eigenvalue weighted by Gasteiger charge is 2.17. The van der Waals surface area contributed by atoms with Gasteiger partial charge in [-0.15, -0.1) is 0 Å². The molecule has 0 saturated heterocycles. The highest BCUT2D eigenvalue weighted by molar-refractivity contribution is 5.70. The molecule has 0 aromatic heterocycles. The highest BCUT2D eigenvalue weighted by Crippen LogP contribution is 2.12. The zero-order valence-corrected chi connectivity index (χ0v) is 39.2. The van der Waals surface area contributed by atoms with E-state index in [1.54, 1.807) is 0 Å². The van der Waals surface area contributed by atoms with Crippen molar-refractivity contribution in [2.75, 3.05) is 19.8 Å². The van der Waals surface area contributed by atoms with E-state index in [4.69, 9.17) is 14.2 Å². The van der Waals surface area contributed by atoms with Crippen LogP contribution in [0.5, 0.6) is 0 Å². The summed E-state index contributed by atoms with van der Waals surface area (Å²) in [5, 5.41) is 0. The molecule has 0 amide bonds. The van der Waals surface area contributed by atoms with Gasteiger partial charge in [0.2, 0.25) is 0 Å². The van der Waals surface area contributed by atoms with E-state index in [-0.39, 0.29) is 25.2 Å². The molecule has 0 aromatic carbocycles. The predicted molar refractivity (Wildman–Crippen MR) is 260 cm³/mol. The van der Waals surface area contributed by atoms with Crippen LogP contribution in [-0.4, -0.2) is 37.9 Å². The lowest BCUT2D eigenvalue weighted by Gasteiger charge is -2.18. The van der Waals surface area contributed by atoms with Gasteiger partial charge in [0.1, 0.15) is 6.61 Å². The lowest BCUT2D eigenvalue weighted by Crippen LogP contribution is -2.30. The van der Waals surface area contributed by atoms with Gasteiger partial charge in [-0.25, -0.2) is 0 Å². The average molecular weight is 833 g/mol. The first-order chi connectivity index (χ1) is 29.6. The van der Waals surface area contributed by atoms with Crippen LogP contribution in [0.4, 0.5) is 0 Å². The number of hydrogen-bond donors (Lipinski definition) is 0. The first kappa shape index (κ1) is 56.8. The maximum absolute atomic E-state index is 12.8. The van der Waals surface area contributed by atoms with Gasteiger partial charge in [-0.2, -0.15) is 0 Å². The zero-order valence-electron chi connectivity index (χ0n) is 39.2. The van der Waals surface area contributed by atoms with Crippen molar-refractivity contribution in [3.63, 3.8) is 0 Å². The molecule has 0 aliphatic carbocycles. The van der Waals surface area contributed by atoms with E-state index in [1.807, 2.05) is 0 Å². The van der Waals surface area contributed by atoms with Crippen molar-refractivity contribution in [2.24, 2.45) is 0 Å². The third-order valence-electron chi connectivity index (χ3n) is 10.1. The topological polar surface area (TPSA) is 61.8 Å². The van der Waals surface area contributed by atoms with Gasteiger partial charge in [-0.05, 0) is 116 Å². The monoisotopic (exact) mass is 833 g/mol. The van der Waals surface area contributed by atoms with Crippen LogP contribution in [0.1, 0.15) is 213 Å². The molecule has 0 aliphatic heterocycles. The standard InChI is InChI=1S/C55H92O5/c1-4-7-10-13-16-19-22-25-27-29-32-35-38-41-44-47-50-58-51-53(60-55(57)49-46-43-40-37-34-30-24-21-18-15-12-9-6-3)52-59-54(56)48-45-42-39-36-33-31-28-26-23-20-17-14-11-8-5-2/h7-8,10-11,16-17,19-21,24-28,33,36,53H,4-6,9,12-15,18,22-23,29-32,34-35,37-52H2,1-3H3/b10-7-,11-8-,19-16-,20-17-,24-21-,27-25-,28-26-,36-33-. The minimum atomic E-state index is -0.568. The quantitative estimate of drug-likeness (QED) is 0.0348. The van der Waals surface area contributed by atoms with Crippen LogP contribution in [0, 0.1) is 0 Å². The molecule has 0 heterocycles. The van der Waals surface area contributed by atoms with Gasteiger partial charge in [0.15, 0.2) is 6.10 Å². The van der Waals surface area contributed by atoms with E-state index in [0.717, 1.165) is 109 Å². The van der Waals surface area contributed by atoms with Gasteiger partial charge in [-0.1, -0.05) is 182 Å². The maximum atomic E-state index is 12.8. The van der Waals surface area contributed by atoms with Crippen molar-refractivity contribution in [1.29, 1.82) is 0 Å². The molecule has 0 aromatic rings. The van der Waals surface area contributed by atoms with E-state index in [9.17, 15) is 9.59 Å². The van der Waals surface area contributed by atoms with E-state index in [1.165, 1.54) is 70.6 Å². The fraction of sp³-hybridized carbons (Fsp3) is 0.673. The van der Waals surface area contributed by atoms with Crippen LogP contribution in [0.3, 0.4) is 0 Å². The maximum Gasteiger partial charge on any atom is 0.306 e. The van der Waals surface area contributed by atoms with Crippen molar-refractivity contribution >= 4 is 11.9 Å². The summed E-state index contributed by atoms with van der Waals surface area (Å²) in [6.07, 6.45) is 67.0. The second kappa shape index (κ2) is 50.2. The Morgan fingerprint density at radius 1 is 0.383 bits per heavy atom. The fourth-order valence-corrected chi connectivity index (χ4v) is 6.45. The number of esters is 2. The van der Waals surface area contributed by atoms with Gasteiger partial charge in [0.05, 0.1) is 6.61 Å². The Morgan fingerprint density at radius 3 is 1.25 bits per heavy atom. The Labute approximate surface area is 371 Å². The van der Waals surface area contributed by atoms with Gasteiger partial charge in [0, 0.05) is 19.4 Å². The minimum Gasteiger partial charge on any atom is -0.462 e. The Kier molecular flexibility index (Phi) is 47.5. The number of carbonyl (C=O) groups excluding carboxylic acids is 2. The molecule has 0 N–H and O–H groups in total. The molecule has 5 nitrogen and oxygen atoms in total. The Morgan fingerprint density at radius 2 is 0.750 bits per heavy atom. The SMILES string of the molecule is CC/C=C\C/C=C\C/C=C\C/C=C\CCCCC(=O)OCC(COCCCCCCCC/C=C\C/C=C\C/C=C\CC)OC(=O)CCCCCCC/C=C\CCCCCC. The number of rotatable bonds is 44. The smallest absolute Gasteiger partial charge is 0.306 e. The molecule has 1 atom stereocenters. The van der Waals surface area contributed by atoms with E-state index in [2.05, 4.69) is 118 Å². The summed E-state index contributed by atoms with van der Waals surface area (Å²) in [7, 11) is 0. The summed E-state index contributed by atoms with van der Waals surface area (Å²) in [4.78, 5) is 25.3. The van der Waals surface area contributed by atoms with Crippen LogP contribution >= 0.6 is 0 Å². The number of hydrogen-bond acceptors (Lipinski definition) is 5. The molecule has 60 heavy (non-hydrogen) atoms. The van der Waals surface area contributed by atoms with Gasteiger partial charge in [-0.3, -0.25) is 9.59 Å². The van der Waals surface area contributed by atoms with E-state index >= 15 is 0 Å².